The summed E-state index contributed by atoms with van der Waals surface area (Å²) in [5, 5.41) is 11.3. The third kappa shape index (κ3) is 3.45. The van der Waals surface area contributed by atoms with Gasteiger partial charge in [-0.15, -0.1) is 0 Å². The maximum absolute atomic E-state index is 9.05. The van der Waals surface area contributed by atoms with Crippen LogP contribution in [-0.2, 0) is 0 Å². The Labute approximate surface area is 198 Å². The van der Waals surface area contributed by atoms with Gasteiger partial charge in [0.15, 0.2) is 0 Å². The summed E-state index contributed by atoms with van der Waals surface area (Å²) in [6.45, 7) is 0. The monoisotopic (exact) mass is 438 g/mol. The normalized spacial score (nSPS) is 11.1. The predicted octanol–water partition coefficient (Wildman–Crippen LogP) is 7.02. The molecule has 0 atom stereocenters. The number of fused-ring (bicyclic) bond motifs is 3. The Morgan fingerprint density at radius 3 is 1.91 bits per heavy atom. The zero-order chi connectivity index (χ0) is 22.9. The zero-order valence-corrected chi connectivity index (χ0v) is 18.4. The van der Waals surface area contributed by atoms with E-state index in [0.717, 1.165) is 27.5 Å². The van der Waals surface area contributed by atoms with E-state index in [9.17, 15) is 0 Å². The van der Waals surface area contributed by atoms with Crippen molar-refractivity contribution in [2.45, 2.75) is 0 Å². The highest BCUT2D eigenvalue weighted by Crippen LogP contribution is 2.36. The second kappa shape index (κ2) is 8.58. The maximum atomic E-state index is 9.05. The molecule has 1 radical (unpaired) electrons. The zero-order valence-electron chi connectivity index (χ0n) is 18.4. The van der Waals surface area contributed by atoms with Crippen LogP contribution in [0.2, 0.25) is 0 Å². The standard InChI is InChI=1S/C30H21BNO2/c33-31-34-24-18-19-30-28(20-24)27-12-6-7-13-29(27)32(30)23-16-14-22(15-17-23)26-11-5-4-10-25(26)21-8-2-1-3-9-21/h1-20,33H. The molecule has 6 aromatic rings. The van der Waals surface area contributed by atoms with E-state index in [2.05, 4.69) is 95.6 Å². The van der Waals surface area contributed by atoms with Crippen LogP contribution in [0.5, 0.6) is 5.75 Å². The predicted molar refractivity (Wildman–Crippen MR) is 140 cm³/mol. The highest BCUT2D eigenvalue weighted by Gasteiger charge is 2.14. The van der Waals surface area contributed by atoms with E-state index >= 15 is 0 Å². The van der Waals surface area contributed by atoms with Gasteiger partial charge in [0.25, 0.3) is 0 Å². The molecular formula is C30H21BNO2. The third-order valence-electron chi connectivity index (χ3n) is 6.28. The average molecular weight is 438 g/mol. The van der Waals surface area contributed by atoms with Crippen molar-refractivity contribution in [3.63, 3.8) is 0 Å². The summed E-state index contributed by atoms with van der Waals surface area (Å²) in [6.07, 6.45) is 0. The molecule has 0 bridgehead atoms. The first kappa shape index (κ1) is 20.3. The van der Waals surface area contributed by atoms with Gasteiger partial charge in [0.2, 0.25) is 0 Å². The van der Waals surface area contributed by atoms with Crippen LogP contribution in [0.3, 0.4) is 0 Å². The Morgan fingerprint density at radius 1 is 0.559 bits per heavy atom. The Morgan fingerprint density at radius 2 is 1.18 bits per heavy atom. The number of para-hydroxylation sites is 1. The van der Waals surface area contributed by atoms with E-state index in [-0.39, 0.29) is 0 Å². The number of aromatic nitrogens is 1. The van der Waals surface area contributed by atoms with E-state index in [1.54, 1.807) is 0 Å². The first-order valence-corrected chi connectivity index (χ1v) is 11.2. The van der Waals surface area contributed by atoms with Gasteiger partial charge in [-0.1, -0.05) is 84.9 Å². The van der Waals surface area contributed by atoms with E-state index in [0.29, 0.717) is 13.4 Å². The lowest BCUT2D eigenvalue weighted by atomic mass is 9.94. The van der Waals surface area contributed by atoms with Crippen molar-refractivity contribution in [2.75, 3.05) is 0 Å². The second-order valence-corrected chi connectivity index (χ2v) is 8.21. The van der Waals surface area contributed by atoms with Gasteiger partial charge in [-0.05, 0) is 58.7 Å². The van der Waals surface area contributed by atoms with Crippen molar-refractivity contribution >= 4 is 29.5 Å². The Bertz CT molecular complexity index is 1600. The lowest BCUT2D eigenvalue weighted by Gasteiger charge is -2.12. The lowest BCUT2D eigenvalue weighted by Crippen LogP contribution is -1.99. The molecule has 161 valence electrons. The van der Waals surface area contributed by atoms with Crippen LogP contribution >= 0.6 is 0 Å². The van der Waals surface area contributed by atoms with E-state index in [4.69, 9.17) is 9.68 Å². The fraction of sp³-hybridized carbons (Fsp3) is 0. The minimum atomic E-state index is 0.603. The summed E-state index contributed by atoms with van der Waals surface area (Å²) >= 11 is 0. The molecule has 0 saturated heterocycles. The van der Waals surface area contributed by atoms with Crippen LogP contribution in [0, 0.1) is 0 Å². The van der Waals surface area contributed by atoms with Gasteiger partial charge < -0.3 is 14.2 Å². The summed E-state index contributed by atoms with van der Waals surface area (Å²) in [5.41, 5.74) is 8.13. The van der Waals surface area contributed by atoms with Crippen LogP contribution in [0.1, 0.15) is 0 Å². The highest BCUT2D eigenvalue weighted by atomic mass is 16.5. The Kier molecular flexibility index (Phi) is 5.13. The molecule has 0 amide bonds. The summed E-state index contributed by atoms with van der Waals surface area (Å²) in [5.74, 6) is 0.603. The van der Waals surface area contributed by atoms with E-state index in [1.165, 1.54) is 22.3 Å². The Balaban J connectivity index is 1.48. The number of nitrogens with zero attached hydrogens (tertiary/aromatic N) is 1. The van der Waals surface area contributed by atoms with Crippen molar-refractivity contribution in [2.24, 2.45) is 0 Å². The largest absolute Gasteiger partial charge is 0.569 e. The molecular weight excluding hydrogens is 417 g/mol. The molecule has 1 N–H and O–H groups in total. The van der Waals surface area contributed by atoms with Crippen LogP contribution in [0.4, 0.5) is 0 Å². The molecule has 0 aliphatic rings. The Hall–Kier alpha value is -4.28. The van der Waals surface area contributed by atoms with Gasteiger partial charge in [0, 0.05) is 16.5 Å². The fourth-order valence-corrected chi connectivity index (χ4v) is 4.76. The smallest absolute Gasteiger partial charge is 0.537 e. The van der Waals surface area contributed by atoms with Gasteiger partial charge in [-0.3, -0.25) is 0 Å². The van der Waals surface area contributed by atoms with Crippen LogP contribution in [0.15, 0.2) is 121 Å². The molecule has 0 saturated carbocycles. The number of hydrogen-bond acceptors (Lipinski definition) is 2. The minimum absolute atomic E-state index is 0.603. The maximum Gasteiger partial charge on any atom is 0.569 e. The number of hydrogen-bond donors (Lipinski definition) is 1. The summed E-state index contributed by atoms with van der Waals surface area (Å²) in [6, 6.07) is 42.0. The fourth-order valence-electron chi connectivity index (χ4n) is 4.76. The van der Waals surface area contributed by atoms with Crippen molar-refractivity contribution in [3.05, 3.63) is 121 Å². The molecule has 0 spiro atoms. The summed E-state index contributed by atoms with van der Waals surface area (Å²) < 4.78 is 7.48. The van der Waals surface area contributed by atoms with Crippen LogP contribution in [0.25, 0.3) is 49.7 Å². The van der Waals surface area contributed by atoms with Gasteiger partial charge in [0.05, 0.1) is 11.0 Å². The van der Waals surface area contributed by atoms with Gasteiger partial charge >= 0.3 is 7.69 Å². The molecule has 34 heavy (non-hydrogen) atoms. The van der Waals surface area contributed by atoms with Crippen LogP contribution < -0.4 is 4.65 Å². The van der Waals surface area contributed by atoms with Crippen molar-refractivity contribution in [1.29, 1.82) is 0 Å². The molecule has 4 heteroatoms. The van der Waals surface area contributed by atoms with Gasteiger partial charge in [0.1, 0.15) is 5.75 Å². The average Bonchev–Trinajstić information content (AvgIpc) is 3.23. The molecule has 5 aromatic carbocycles. The lowest BCUT2D eigenvalue weighted by molar-refractivity contribution is 0.454. The quantitative estimate of drug-likeness (QED) is 0.294. The van der Waals surface area contributed by atoms with Gasteiger partial charge in [-0.25, -0.2) is 0 Å². The molecule has 0 unspecified atom stereocenters. The molecule has 1 heterocycles. The first-order chi connectivity index (χ1) is 16.8. The van der Waals surface area contributed by atoms with Crippen LogP contribution in [-0.4, -0.2) is 17.3 Å². The number of rotatable bonds is 5. The SMILES string of the molecule is O[B]Oc1ccc2c(c1)c1ccccc1n2-c1ccc(-c2ccccc2-c2ccccc2)cc1. The molecule has 0 aliphatic carbocycles. The van der Waals surface area contributed by atoms with E-state index in [1.807, 2.05) is 30.3 Å². The highest BCUT2D eigenvalue weighted by molar-refractivity contribution is 6.17. The molecule has 1 aromatic heterocycles. The topological polar surface area (TPSA) is 34.4 Å². The summed E-state index contributed by atoms with van der Waals surface area (Å²) in [7, 11) is 0.715. The van der Waals surface area contributed by atoms with Crippen molar-refractivity contribution < 1.29 is 9.68 Å². The van der Waals surface area contributed by atoms with Crippen molar-refractivity contribution in [1.82, 2.24) is 4.57 Å². The van der Waals surface area contributed by atoms with Crippen molar-refractivity contribution in [3.8, 4) is 33.7 Å². The second-order valence-electron chi connectivity index (χ2n) is 8.21. The molecule has 6 rings (SSSR count). The van der Waals surface area contributed by atoms with Gasteiger partial charge in [-0.2, -0.15) is 0 Å². The molecule has 0 fully saturated rings. The minimum Gasteiger partial charge on any atom is -0.537 e. The summed E-state index contributed by atoms with van der Waals surface area (Å²) in [4.78, 5) is 0. The molecule has 3 nitrogen and oxygen atoms in total. The third-order valence-corrected chi connectivity index (χ3v) is 6.28. The number of benzene rings is 5. The molecule has 0 aliphatic heterocycles. The first-order valence-electron chi connectivity index (χ1n) is 11.2. The van der Waals surface area contributed by atoms with E-state index < -0.39 is 0 Å².